The van der Waals surface area contributed by atoms with E-state index in [0.29, 0.717) is 11.4 Å². The van der Waals surface area contributed by atoms with Gasteiger partial charge >= 0.3 is 5.63 Å². The highest BCUT2D eigenvalue weighted by Gasteiger charge is 2.16. The number of carbonyl (C=O) groups is 1. The van der Waals surface area contributed by atoms with Gasteiger partial charge in [-0.3, -0.25) is 9.52 Å². The Labute approximate surface area is 160 Å². The molecule has 2 N–H and O–H groups in total. The molecule has 0 spiro atoms. The largest absolute Gasteiger partial charge is 0.497 e. The number of amides is 1. The Morgan fingerprint density at radius 1 is 1.00 bits per heavy atom. The molecular weight excluding hydrogens is 384 g/mol. The Morgan fingerprint density at radius 2 is 1.75 bits per heavy atom. The Morgan fingerprint density at radius 3 is 2.39 bits per heavy atom. The Balaban J connectivity index is 1.78. The van der Waals surface area contributed by atoms with Crippen molar-refractivity contribution < 1.29 is 22.4 Å². The van der Waals surface area contributed by atoms with E-state index in [1.807, 2.05) is 0 Å². The summed E-state index contributed by atoms with van der Waals surface area (Å²) in [7, 11) is -2.35. The minimum atomic E-state index is -3.86. The summed E-state index contributed by atoms with van der Waals surface area (Å²) in [6, 6.07) is 14.6. The molecule has 0 radical (unpaired) electrons. The Kier molecular flexibility index (Phi) is 5.46. The topological polar surface area (TPSA) is 115 Å². The van der Waals surface area contributed by atoms with Crippen LogP contribution in [0.15, 0.2) is 81.0 Å². The van der Waals surface area contributed by atoms with Crippen molar-refractivity contribution in [2.75, 3.05) is 17.1 Å². The van der Waals surface area contributed by atoms with Crippen LogP contribution in [0, 0.1) is 0 Å². The van der Waals surface area contributed by atoms with E-state index in [9.17, 15) is 18.0 Å². The second kappa shape index (κ2) is 7.97. The monoisotopic (exact) mass is 400 g/mol. The number of hydrogen-bond donors (Lipinski definition) is 2. The van der Waals surface area contributed by atoms with E-state index in [1.165, 1.54) is 31.4 Å². The summed E-state index contributed by atoms with van der Waals surface area (Å²) in [4.78, 5) is 23.1. The lowest BCUT2D eigenvalue weighted by Gasteiger charge is -2.10. The number of benzene rings is 2. The second-order valence-electron chi connectivity index (χ2n) is 5.66. The van der Waals surface area contributed by atoms with Crippen molar-refractivity contribution in [3.8, 4) is 5.75 Å². The number of sulfonamides is 1. The van der Waals surface area contributed by atoms with E-state index in [-0.39, 0.29) is 16.1 Å². The van der Waals surface area contributed by atoms with E-state index >= 15 is 0 Å². The van der Waals surface area contributed by atoms with Crippen molar-refractivity contribution in [2.45, 2.75) is 4.90 Å². The molecule has 1 aromatic heterocycles. The van der Waals surface area contributed by atoms with Crippen LogP contribution in [0.1, 0.15) is 10.4 Å². The highest BCUT2D eigenvalue weighted by molar-refractivity contribution is 7.92. The molecule has 1 heterocycles. The van der Waals surface area contributed by atoms with Gasteiger partial charge in [0.05, 0.1) is 17.6 Å². The normalized spacial score (nSPS) is 10.9. The SMILES string of the molecule is COc1ccc(NS(=O)(=O)c2cccc(NC(=O)c3ccc(=O)oc3)c2)cc1. The predicted octanol–water partition coefficient (Wildman–Crippen LogP) is 2.70. The van der Waals surface area contributed by atoms with E-state index in [0.717, 1.165) is 12.3 Å². The number of ether oxygens (including phenoxy) is 1. The molecule has 0 fully saturated rings. The highest BCUT2D eigenvalue weighted by Crippen LogP contribution is 2.21. The molecule has 144 valence electrons. The number of hydrogen-bond acceptors (Lipinski definition) is 6. The van der Waals surface area contributed by atoms with E-state index < -0.39 is 21.6 Å². The maximum atomic E-state index is 12.6. The summed E-state index contributed by atoms with van der Waals surface area (Å²) in [5, 5.41) is 2.56. The number of methoxy groups -OCH3 is 1. The fourth-order valence-corrected chi connectivity index (χ4v) is 3.41. The first kappa shape index (κ1) is 19.2. The minimum absolute atomic E-state index is 0.0271. The zero-order valence-corrected chi connectivity index (χ0v) is 15.5. The Hall–Kier alpha value is -3.59. The molecule has 0 unspecified atom stereocenters. The molecule has 0 aliphatic carbocycles. The summed E-state index contributed by atoms with van der Waals surface area (Å²) in [6.45, 7) is 0. The molecule has 0 aliphatic rings. The van der Waals surface area contributed by atoms with Gasteiger partial charge in [0.1, 0.15) is 12.0 Å². The minimum Gasteiger partial charge on any atom is -0.497 e. The second-order valence-corrected chi connectivity index (χ2v) is 7.34. The number of carbonyl (C=O) groups excluding carboxylic acids is 1. The lowest BCUT2D eigenvalue weighted by molar-refractivity contribution is 0.102. The lowest BCUT2D eigenvalue weighted by Crippen LogP contribution is -2.15. The molecule has 9 heteroatoms. The van der Waals surface area contributed by atoms with Gasteiger partial charge in [-0.25, -0.2) is 13.2 Å². The van der Waals surface area contributed by atoms with Crippen LogP contribution in [0.3, 0.4) is 0 Å². The zero-order chi connectivity index (χ0) is 20.1. The maximum absolute atomic E-state index is 12.6. The van der Waals surface area contributed by atoms with Crippen LogP contribution in [-0.2, 0) is 10.0 Å². The molecule has 8 nitrogen and oxygen atoms in total. The van der Waals surface area contributed by atoms with Gasteiger partial charge in [0.15, 0.2) is 0 Å². The number of anilines is 2. The third kappa shape index (κ3) is 4.57. The first-order chi connectivity index (χ1) is 13.4. The molecule has 0 saturated heterocycles. The van der Waals surface area contributed by atoms with Crippen LogP contribution in [0.25, 0.3) is 0 Å². The van der Waals surface area contributed by atoms with Crippen molar-refractivity contribution in [1.29, 1.82) is 0 Å². The van der Waals surface area contributed by atoms with Crippen LogP contribution < -0.4 is 20.4 Å². The van der Waals surface area contributed by atoms with E-state index in [2.05, 4.69) is 14.5 Å². The zero-order valence-electron chi connectivity index (χ0n) is 14.7. The average Bonchev–Trinajstić information content (AvgIpc) is 2.69. The summed E-state index contributed by atoms with van der Waals surface area (Å²) in [5.74, 6) is 0.0609. The molecule has 3 rings (SSSR count). The fraction of sp³-hybridized carbons (Fsp3) is 0.0526. The van der Waals surface area contributed by atoms with Gasteiger partial charge < -0.3 is 14.5 Å². The smallest absolute Gasteiger partial charge is 0.335 e. The van der Waals surface area contributed by atoms with Crippen molar-refractivity contribution in [3.63, 3.8) is 0 Å². The van der Waals surface area contributed by atoms with Crippen LogP contribution >= 0.6 is 0 Å². The summed E-state index contributed by atoms with van der Waals surface area (Å²) < 4.78 is 37.3. The molecule has 1 amide bonds. The van der Waals surface area contributed by atoms with Gasteiger partial charge in [0.25, 0.3) is 15.9 Å². The van der Waals surface area contributed by atoms with Crippen molar-refractivity contribution >= 4 is 27.3 Å². The standard InChI is InChI=1S/C19H16N2O6S/c1-26-16-8-6-14(7-9-16)21-28(24,25)17-4-2-3-15(11-17)20-19(23)13-5-10-18(22)27-12-13/h2-12,21H,1H3,(H,20,23). The maximum Gasteiger partial charge on any atom is 0.335 e. The molecule has 0 saturated carbocycles. The average molecular weight is 400 g/mol. The molecule has 2 aromatic carbocycles. The fourth-order valence-electron chi connectivity index (χ4n) is 2.30. The van der Waals surface area contributed by atoms with E-state index in [4.69, 9.17) is 4.74 Å². The van der Waals surface area contributed by atoms with Crippen LogP contribution in [-0.4, -0.2) is 21.4 Å². The quantitative estimate of drug-likeness (QED) is 0.657. The number of nitrogens with one attached hydrogen (secondary N) is 2. The van der Waals surface area contributed by atoms with Gasteiger partial charge in [-0.2, -0.15) is 0 Å². The van der Waals surface area contributed by atoms with Crippen molar-refractivity contribution in [3.05, 3.63) is 82.9 Å². The molecular formula is C19H16N2O6S. The first-order valence-electron chi connectivity index (χ1n) is 8.04. The summed E-state index contributed by atoms with van der Waals surface area (Å²) in [5.41, 5.74) is 0.196. The molecule has 28 heavy (non-hydrogen) atoms. The molecule has 0 atom stereocenters. The molecule has 0 aliphatic heterocycles. The van der Waals surface area contributed by atoms with Gasteiger partial charge in [0.2, 0.25) is 0 Å². The first-order valence-corrected chi connectivity index (χ1v) is 9.53. The van der Waals surface area contributed by atoms with Gasteiger partial charge in [-0.1, -0.05) is 6.07 Å². The van der Waals surface area contributed by atoms with Crippen LogP contribution in [0.5, 0.6) is 5.75 Å². The Bertz CT molecular complexity index is 1130. The highest BCUT2D eigenvalue weighted by atomic mass is 32.2. The van der Waals surface area contributed by atoms with Crippen LogP contribution in [0.4, 0.5) is 11.4 Å². The van der Waals surface area contributed by atoms with Crippen molar-refractivity contribution in [2.24, 2.45) is 0 Å². The predicted molar refractivity (Wildman–Crippen MR) is 103 cm³/mol. The van der Waals surface area contributed by atoms with E-state index in [1.54, 1.807) is 30.3 Å². The van der Waals surface area contributed by atoms with Crippen LogP contribution in [0.2, 0.25) is 0 Å². The van der Waals surface area contributed by atoms with Crippen molar-refractivity contribution in [1.82, 2.24) is 0 Å². The molecule has 3 aromatic rings. The molecule has 0 bridgehead atoms. The van der Waals surface area contributed by atoms with Gasteiger partial charge in [-0.15, -0.1) is 0 Å². The summed E-state index contributed by atoms with van der Waals surface area (Å²) >= 11 is 0. The van der Waals surface area contributed by atoms with Gasteiger partial charge in [-0.05, 0) is 48.5 Å². The third-order valence-corrected chi connectivity index (χ3v) is 5.09. The third-order valence-electron chi connectivity index (χ3n) is 3.71. The summed E-state index contributed by atoms with van der Waals surface area (Å²) in [6.07, 6.45) is 1.03. The lowest BCUT2D eigenvalue weighted by atomic mass is 10.2. The van der Waals surface area contributed by atoms with Gasteiger partial charge in [0, 0.05) is 17.4 Å². The number of rotatable bonds is 6.